The minimum Gasteiger partial charge on any atom is -0.373 e. The highest BCUT2D eigenvalue weighted by Crippen LogP contribution is 2.34. The van der Waals surface area contributed by atoms with E-state index in [1.54, 1.807) is 12.5 Å². The summed E-state index contributed by atoms with van der Waals surface area (Å²) in [6, 6.07) is 12.4. The maximum atomic E-state index is 6.07. The van der Waals surface area contributed by atoms with E-state index in [0.717, 1.165) is 47.2 Å². The van der Waals surface area contributed by atoms with Crippen LogP contribution in [0.3, 0.4) is 0 Å². The molecule has 0 saturated carbocycles. The standard InChI is InChI=1S/C20H19N5O/c1-2-6-17-15(4-1)20(24-12-23-17)25-13-7-9-26-18(10-13)16-11-22-19-14(16)5-3-8-21-19/h1-6,8,11-13,18H,7,9-10H2,(H,21,22)(H,23,24,25). The Bertz CT molecular complexity index is 1050. The molecule has 1 aromatic carbocycles. The number of fused-ring (bicyclic) bond motifs is 2. The van der Waals surface area contributed by atoms with Crippen LogP contribution in [-0.4, -0.2) is 32.6 Å². The fourth-order valence-corrected chi connectivity index (χ4v) is 3.70. The number of nitrogens with zero attached hydrogens (tertiary/aromatic N) is 3. The number of hydrogen-bond acceptors (Lipinski definition) is 5. The molecule has 130 valence electrons. The zero-order chi connectivity index (χ0) is 17.3. The van der Waals surface area contributed by atoms with Crippen molar-refractivity contribution in [1.29, 1.82) is 0 Å². The molecule has 4 heterocycles. The predicted molar refractivity (Wildman–Crippen MR) is 101 cm³/mol. The van der Waals surface area contributed by atoms with Crippen LogP contribution in [0.5, 0.6) is 0 Å². The molecular weight excluding hydrogens is 326 g/mol. The molecule has 1 aliphatic heterocycles. The van der Waals surface area contributed by atoms with E-state index in [2.05, 4.69) is 37.4 Å². The lowest BCUT2D eigenvalue weighted by atomic mass is 9.97. The van der Waals surface area contributed by atoms with Crippen LogP contribution in [0, 0.1) is 0 Å². The molecule has 6 nitrogen and oxygen atoms in total. The zero-order valence-corrected chi connectivity index (χ0v) is 14.2. The van der Waals surface area contributed by atoms with Crippen molar-refractivity contribution in [3.8, 4) is 0 Å². The van der Waals surface area contributed by atoms with Crippen molar-refractivity contribution in [1.82, 2.24) is 19.9 Å². The van der Waals surface area contributed by atoms with Gasteiger partial charge in [0.25, 0.3) is 0 Å². The van der Waals surface area contributed by atoms with Gasteiger partial charge >= 0.3 is 0 Å². The number of nitrogens with one attached hydrogen (secondary N) is 2. The lowest BCUT2D eigenvalue weighted by Crippen LogP contribution is -2.30. The van der Waals surface area contributed by atoms with E-state index in [0.29, 0.717) is 6.04 Å². The van der Waals surface area contributed by atoms with E-state index in [-0.39, 0.29) is 6.10 Å². The smallest absolute Gasteiger partial charge is 0.137 e. The van der Waals surface area contributed by atoms with Gasteiger partial charge in [-0.25, -0.2) is 15.0 Å². The highest BCUT2D eigenvalue weighted by molar-refractivity contribution is 5.88. The average Bonchev–Trinajstić information content (AvgIpc) is 3.13. The molecule has 1 saturated heterocycles. The molecule has 1 fully saturated rings. The van der Waals surface area contributed by atoms with Crippen molar-refractivity contribution in [3.63, 3.8) is 0 Å². The van der Waals surface area contributed by atoms with Crippen molar-refractivity contribution in [2.75, 3.05) is 11.9 Å². The Balaban J connectivity index is 1.41. The topological polar surface area (TPSA) is 75.7 Å². The van der Waals surface area contributed by atoms with Crippen molar-refractivity contribution >= 4 is 27.8 Å². The van der Waals surface area contributed by atoms with E-state index in [1.807, 2.05) is 30.5 Å². The van der Waals surface area contributed by atoms with E-state index >= 15 is 0 Å². The van der Waals surface area contributed by atoms with Crippen LogP contribution < -0.4 is 5.32 Å². The number of aromatic nitrogens is 4. The van der Waals surface area contributed by atoms with Crippen molar-refractivity contribution in [2.24, 2.45) is 0 Å². The first-order valence-corrected chi connectivity index (χ1v) is 8.88. The van der Waals surface area contributed by atoms with Crippen LogP contribution in [0.25, 0.3) is 21.9 Å². The van der Waals surface area contributed by atoms with Gasteiger partial charge in [0.15, 0.2) is 0 Å². The third-order valence-electron chi connectivity index (χ3n) is 5.00. The highest BCUT2D eigenvalue weighted by Gasteiger charge is 2.26. The SMILES string of the molecule is c1ccc2c(NC3CCOC(c4c[nH]c5ncccc45)C3)ncnc2c1. The summed E-state index contributed by atoms with van der Waals surface area (Å²) in [4.78, 5) is 16.4. The summed E-state index contributed by atoms with van der Waals surface area (Å²) in [5, 5.41) is 5.79. The maximum absolute atomic E-state index is 6.07. The minimum absolute atomic E-state index is 0.0484. The molecular formula is C20H19N5O. The molecule has 0 radical (unpaired) electrons. The Labute approximate surface area is 150 Å². The normalized spacial score (nSPS) is 20.5. The molecule has 6 heteroatoms. The van der Waals surface area contributed by atoms with Crippen molar-refractivity contribution in [3.05, 3.63) is 60.7 Å². The number of H-pyrrole nitrogens is 1. The first-order valence-electron chi connectivity index (χ1n) is 8.88. The summed E-state index contributed by atoms with van der Waals surface area (Å²) in [6.45, 7) is 0.721. The third kappa shape index (κ3) is 2.68. The summed E-state index contributed by atoms with van der Waals surface area (Å²) < 4.78 is 6.07. The fraction of sp³-hybridized carbons (Fsp3) is 0.250. The number of ether oxygens (including phenoxy) is 1. The summed E-state index contributed by atoms with van der Waals surface area (Å²) in [5.41, 5.74) is 3.03. The first kappa shape index (κ1) is 15.3. The van der Waals surface area contributed by atoms with Gasteiger partial charge in [-0.3, -0.25) is 0 Å². The second-order valence-corrected chi connectivity index (χ2v) is 6.61. The molecule has 2 N–H and O–H groups in total. The molecule has 3 aromatic heterocycles. The lowest BCUT2D eigenvalue weighted by molar-refractivity contribution is 0.0106. The van der Waals surface area contributed by atoms with Gasteiger partial charge in [0, 0.05) is 41.4 Å². The predicted octanol–water partition coefficient (Wildman–Crippen LogP) is 3.84. The van der Waals surface area contributed by atoms with Gasteiger partial charge in [0.2, 0.25) is 0 Å². The zero-order valence-electron chi connectivity index (χ0n) is 14.2. The lowest BCUT2D eigenvalue weighted by Gasteiger charge is -2.30. The summed E-state index contributed by atoms with van der Waals surface area (Å²) in [7, 11) is 0. The molecule has 0 amide bonds. The number of rotatable bonds is 3. The minimum atomic E-state index is 0.0484. The van der Waals surface area contributed by atoms with Crippen molar-refractivity contribution in [2.45, 2.75) is 25.0 Å². The van der Waals surface area contributed by atoms with Gasteiger partial charge in [-0.1, -0.05) is 12.1 Å². The summed E-state index contributed by atoms with van der Waals surface area (Å²) in [5.74, 6) is 0.891. The van der Waals surface area contributed by atoms with Gasteiger partial charge in [0.05, 0.1) is 11.6 Å². The third-order valence-corrected chi connectivity index (χ3v) is 5.00. The Morgan fingerprint density at radius 1 is 1.04 bits per heavy atom. The molecule has 2 unspecified atom stereocenters. The monoisotopic (exact) mass is 345 g/mol. The van der Waals surface area contributed by atoms with Gasteiger partial charge in [-0.05, 0) is 37.1 Å². The molecule has 2 atom stereocenters. The van der Waals surface area contributed by atoms with E-state index in [4.69, 9.17) is 4.74 Å². The maximum Gasteiger partial charge on any atom is 0.137 e. The molecule has 1 aliphatic rings. The van der Waals surface area contributed by atoms with Crippen molar-refractivity contribution < 1.29 is 4.74 Å². The number of anilines is 1. The quantitative estimate of drug-likeness (QED) is 0.590. The Hall–Kier alpha value is -2.99. The van der Waals surface area contributed by atoms with Gasteiger partial charge in [0.1, 0.15) is 17.8 Å². The van der Waals surface area contributed by atoms with Crippen LogP contribution in [0.15, 0.2) is 55.1 Å². The number of pyridine rings is 1. The van der Waals surface area contributed by atoms with Crippen LogP contribution in [-0.2, 0) is 4.74 Å². The highest BCUT2D eigenvalue weighted by atomic mass is 16.5. The molecule has 0 bridgehead atoms. The largest absolute Gasteiger partial charge is 0.373 e. The molecule has 4 aromatic rings. The number of para-hydroxylation sites is 1. The average molecular weight is 345 g/mol. The number of benzene rings is 1. The second-order valence-electron chi connectivity index (χ2n) is 6.61. The molecule has 26 heavy (non-hydrogen) atoms. The second kappa shape index (κ2) is 6.38. The Morgan fingerprint density at radius 2 is 1.96 bits per heavy atom. The Morgan fingerprint density at radius 3 is 2.96 bits per heavy atom. The molecule has 5 rings (SSSR count). The van der Waals surface area contributed by atoms with Crippen LogP contribution >= 0.6 is 0 Å². The first-order chi connectivity index (χ1) is 12.9. The van der Waals surface area contributed by atoms with Crippen LogP contribution in [0.4, 0.5) is 5.82 Å². The van der Waals surface area contributed by atoms with E-state index in [9.17, 15) is 0 Å². The van der Waals surface area contributed by atoms with E-state index in [1.165, 1.54) is 5.56 Å². The van der Waals surface area contributed by atoms with Gasteiger partial charge < -0.3 is 15.0 Å². The van der Waals surface area contributed by atoms with Gasteiger partial charge in [-0.2, -0.15) is 0 Å². The van der Waals surface area contributed by atoms with Crippen LogP contribution in [0.2, 0.25) is 0 Å². The molecule has 0 aliphatic carbocycles. The van der Waals surface area contributed by atoms with Gasteiger partial charge in [-0.15, -0.1) is 0 Å². The summed E-state index contributed by atoms with van der Waals surface area (Å²) in [6.07, 6.45) is 7.33. The van der Waals surface area contributed by atoms with E-state index < -0.39 is 0 Å². The fourth-order valence-electron chi connectivity index (χ4n) is 3.70. The van der Waals surface area contributed by atoms with Crippen LogP contribution in [0.1, 0.15) is 24.5 Å². The Kier molecular flexibility index (Phi) is 3.75. The summed E-state index contributed by atoms with van der Waals surface area (Å²) >= 11 is 0. The number of aromatic amines is 1. The molecule has 0 spiro atoms. The number of hydrogen-bond donors (Lipinski definition) is 2.